The molecule has 0 aromatic carbocycles. The van der Waals surface area contributed by atoms with Gasteiger partial charge in [-0.15, -0.1) is 0 Å². The monoisotopic (exact) mass is 393 g/mol. The first-order chi connectivity index (χ1) is 13.5. The van der Waals surface area contributed by atoms with Gasteiger partial charge in [-0.05, 0) is 38.7 Å². The van der Waals surface area contributed by atoms with Crippen molar-refractivity contribution < 1.29 is 23.9 Å². The van der Waals surface area contributed by atoms with Gasteiger partial charge in [-0.3, -0.25) is 14.3 Å². The third-order valence-electron chi connectivity index (χ3n) is 4.97. The van der Waals surface area contributed by atoms with Crippen molar-refractivity contribution in [3.63, 3.8) is 0 Å². The van der Waals surface area contributed by atoms with E-state index in [1.165, 1.54) is 7.11 Å². The van der Waals surface area contributed by atoms with E-state index >= 15 is 0 Å². The summed E-state index contributed by atoms with van der Waals surface area (Å²) in [6.07, 6.45) is 4.53. The van der Waals surface area contributed by atoms with Crippen LogP contribution in [0.2, 0.25) is 0 Å². The fourth-order valence-corrected chi connectivity index (χ4v) is 3.50. The van der Waals surface area contributed by atoms with Gasteiger partial charge < -0.3 is 14.4 Å². The SMILES string of the molecule is CCCc1cc(C(=O)OCC)nn1C1CCN(C(=O)CCCC(=O)OC)CC1. The molecule has 0 unspecified atom stereocenters. The minimum absolute atomic E-state index is 0.0730. The molecule has 2 rings (SSSR count). The molecule has 28 heavy (non-hydrogen) atoms. The Morgan fingerprint density at radius 2 is 1.89 bits per heavy atom. The van der Waals surface area contributed by atoms with Gasteiger partial charge in [0.05, 0.1) is 19.8 Å². The molecule has 8 nitrogen and oxygen atoms in total. The number of hydrogen-bond acceptors (Lipinski definition) is 6. The third kappa shape index (κ3) is 5.81. The van der Waals surface area contributed by atoms with E-state index in [-0.39, 0.29) is 24.3 Å². The maximum absolute atomic E-state index is 12.3. The lowest BCUT2D eigenvalue weighted by atomic mass is 10.0. The first-order valence-electron chi connectivity index (χ1n) is 10.1. The van der Waals surface area contributed by atoms with Crippen molar-refractivity contribution in [3.8, 4) is 0 Å². The summed E-state index contributed by atoms with van der Waals surface area (Å²) < 4.78 is 11.6. The third-order valence-corrected chi connectivity index (χ3v) is 4.97. The maximum atomic E-state index is 12.3. The van der Waals surface area contributed by atoms with Crippen molar-refractivity contribution in [1.82, 2.24) is 14.7 Å². The van der Waals surface area contributed by atoms with Crippen LogP contribution in [-0.2, 0) is 25.5 Å². The van der Waals surface area contributed by atoms with Gasteiger partial charge in [-0.2, -0.15) is 5.10 Å². The lowest BCUT2D eigenvalue weighted by Crippen LogP contribution is -2.39. The molecule has 1 aromatic rings. The summed E-state index contributed by atoms with van der Waals surface area (Å²) in [5.41, 5.74) is 1.39. The molecule has 1 saturated heterocycles. The van der Waals surface area contributed by atoms with Crippen LogP contribution in [-0.4, -0.2) is 59.3 Å². The number of carbonyl (C=O) groups is 3. The topological polar surface area (TPSA) is 90.7 Å². The van der Waals surface area contributed by atoms with Gasteiger partial charge in [0.1, 0.15) is 0 Å². The van der Waals surface area contributed by atoms with Crippen molar-refractivity contribution >= 4 is 17.8 Å². The summed E-state index contributed by atoms with van der Waals surface area (Å²) in [5.74, 6) is -0.605. The highest BCUT2D eigenvalue weighted by Crippen LogP contribution is 2.25. The summed E-state index contributed by atoms with van der Waals surface area (Å²) in [4.78, 5) is 37.4. The zero-order valence-corrected chi connectivity index (χ0v) is 17.1. The number of nitrogens with zero attached hydrogens (tertiary/aromatic N) is 3. The number of ether oxygens (including phenoxy) is 2. The van der Waals surface area contributed by atoms with E-state index < -0.39 is 5.97 Å². The number of likely N-dealkylation sites (tertiary alicyclic amines) is 1. The molecule has 1 aromatic heterocycles. The van der Waals surface area contributed by atoms with Crippen LogP contribution in [0.1, 0.15) is 74.6 Å². The van der Waals surface area contributed by atoms with Crippen LogP contribution in [0.15, 0.2) is 6.07 Å². The predicted octanol–water partition coefficient (Wildman–Crippen LogP) is 2.52. The highest BCUT2D eigenvalue weighted by Gasteiger charge is 2.27. The van der Waals surface area contributed by atoms with Crippen LogP contribution in [0, 0.1) is 0 Å². The molecule has 0 aliphatic carbocycles. The van der Waals surface area contributed by atoms with Crippen LogP contribution >= 0.6 is 0 Å². The Hall–Kier alpha value is -2.38. The molecule has 1 amide bonds. The Bertz CT molecular complexity index is 677. The van der Waals surface area contributed by atoms with Crippen molar-refractivity contribution in [2.24, 2.45) is 0 Å². The quantitative estimate of drug-likeness (QED) is 0.599. The first kappa shape index (κ1) is 21.9. The number of esters is 2. The van der Waals surface area contributed by atoms with Crippen molar-refractivity contribution in [3.05, 3.63) is 17.5 Å². The number of methoxy groups -OCH3 is 1. The summed E-state index contributed by atoms with van der Waals surface area (Å²) in [6.45, 7) is 5.51. The lowest BCUT2D eigenvalue weighted by Gasteiger charge is -2.33. The van der Waals surface area contributed by atoms with E-state index in [0.29, 0.717) is 38.2 Å². The highest BCUT2D eigenvalue weighted by atomic mass is 16.5. The number of hydrogen-bond donors (Lipinski definition) is 0. The Morgan fingerprint density at radius 1 is 1.18 bits per heavy atom. The van der Waals surface area contributed by atoms with Gasteiger partial charge in [0.2, 0.25) is 5.91 Å². The lowest BCUT2D eigenvalue weighted by molar-refractivity contribution is -0.141. The number of piperidine rings is 1. The molecule has 1 aliphatic rings. The fourth-order valence-electron chi connectivity index (χ4n) is 3.50. The van der Waals surface area contributed by atoms with E-state index in [2.05, 4.69) is 16.8 Å². The molecule has 2 heterocycles. The average molecular weight is 393 g/mol. The van der Waals surface area contributed by atoms with Gasteiger partial charge in [0.15, 0.2) is 5.69 Å². The zero-order chi connectivity index (χ0) is 20.5. The van der Waals surface area contributed by atoms with Crippen molar-refractivity contribution in [2.75, 3.05) is 26.8 Å². The second kappa shape index (κ2) is 10.8. The highest BCUT2D eigenvalue weighted by molar-refractivity contribution is 5.87. The summed E-state index contributed by atoms with van der Waals surface area (Å²) in [6, 6.07) is 2.00. The summed E-state index contributed by atoms with van der Waals surface area (Å²) in [7, 11) is 1.35. The van der Waals surface area contributed by atoms with E-state index in [0.717, 1.165) is 31.4 Å². The van der Waals surface area contributed by atoms with Crippen LogP contribution < -0.4 is 0 Å². The van der Waals surface area contributed by atoms with E-state index in [1.807, 2.05) is 15.6 Å². The van der Waals surface area contributed by atoms with Gasteiger partial charge >= 0.3 is 11.9 Å². The minimum atomic E-state index is -0.392. The molecule has 0 radical (unpaired) electrons. The molecule has 1 aliphatic heterocycles. The number of aromatic nitrogens is 2. The van der Waals surface area contributed by atoms with Crippen molar-refractivity contribution in [2.45, 2.75) is 64.8 Å². The Morgan fingerprint density at radius 3 is 2.50 bits per heavy atom. The van der Waals surface area contributed by atoms with E-state index in [9.17, 15) is 14.4 Å². The first-order valence-corrected chi connectivity index (χ1v) is 10.1. The molecule has 0 N–H and O–H groups in total. The maximum Gasteiger partial charge on any atom is 0.358 e. The van der Waals surface area contributed by atoms with Crippen molar-refractivity contribution in [1.29, 1.82) is 0 Å². The zero-order valence-electron chi connectivity index (χ0n) is 17.1. The molecule has 156 valence electrons. The molecule has 0 atom stereocenters. The average Bonchev–Trinajstić information content (AvgIpc) is 3.12. The number of carbonyl (C=O) groups excluding carboxylic acids is 3. The normalized spacial score (nSPS) is 14.8. The molecule has 0 spiro atoms. The molecular weight excluding hydrogens is 362 g/mol. The molecular formula is C20H31N3O5. The standard InChI is InChI=1S/C20H31N3O5/c1-4-7-16-14-17(20(26)28-5-2)21-23(16)15-10-12-22(13-11-15)18(24)8-6-9-19(25)27-3/h14-15H,4-13H2,1-3H3. The predicted molar refractivity (Wildman–Crippen MR) is 103 cm³/mol. The Balaban J connectivity index is 1.93. The van der Waals surface area contributed by atoms with E-state index in [4.69, 9.17) is 4.74 Å². The second-order valence-electron chi connectivity index (χ2n) is 6.98. The number of aryl methyl sites for hydroxylation is 1. The van der Waals surface area contributed by atoms with Crippen LogP contribution in [0.25, 0.3) is 0 Å². The largest absolute Gasteiger partial charge is 0.469 e. The number of rotatable bonds is 9. The van der Waals surface area contributed by atoms with Crippen LogP contribution in [0.4, 0.5) is 0 Å². The van der Waals surface area contributed by atoms with E-state index in [1.54, 1.807) is 6.92 Å². The minimum Gasteiger partial charge on any atom is -0.469 e. The Labute approximate surface area is 166 Å². The molecule has 1 fully saturated rings. The van der Waals surface area contributed by atoms with Gasteiger partial charge in [-0.25, -0.2) is 4.79 Å². The van der Waals surface area contributed by atoms with Gasteiger partial charge in [-0.1, -0.05) is 13.3 Å². The molecule has 0 bridgehead atoms. The fraction of sp³-hybridized carbons (Fsp3) is 0.700. The summed E-state index contributed by atoms with van der Waals surface area (Å²) >= 11 is 0. The Kier molecular flexibility index (Phi) is 8.47. The second-order valence-corrected chi connectivity index (χ2v) is 6.98. The number of amides is 1. The molecule has 0 saturated carbocycles. The summed E-state index contributed by atoms with van der Waals surface area (Å²) in [5, 5.41) is 4.51. The van der Waals surface area contributed by atoms with Crippen LogP contribution in [0.3, 0.4) is 0 Å². The molecule has 8 heteroatoms. The van der Waals surface area contributed by atoms with Gasteiger partial charge in [0, 0.05) is 31.6 Å². The van der Waals surface area contributed by atoms with Crippen LogP contribution in [0.5, 0.6) is 0 Å². The van der Waals surface area contributed by atoms with Gasteiger partial charge in [0.25, 0.3) is 0 Å². The smallest absolute Gasteiger partial charge is 0.358 e.